The largest absolute Gasteiger partial charge is 0.355 e. The van der Waals surface area contributed by atoms with Crippen LogP contribution in [0.25, 0.3) is 11.0 Å². The number of rotatable bonds is 4. The number of carbonyl (C=O) groups is 1. The van der Waals surface area contributed by atoms with Gasteiger partial charge in [0.05, 0.1) is 21.6 Å². The minimum Gasteiger partial charge on any atom is -0.355 e. The van der Waals surface area contributed by atoms with E-state index in [4.69, 9.17) is 0 Å². The zero-order chi connectivity index (χ0) is 18.2. The van der Waals surface area contributed by atoms with Crippen molar-refractivity contribution >= 4 is 32.7 Å². The van der Waals surface area contributed by atoms with E-state index in [0.717, 1.165) is 0 Å². The molecule has 4 N–H and O–H groups in total. The number of nitrogens with one attached hydrogen (secondary N) is 4. The number of aromatic nitrogens is 2. The highest BCUT2D eigenvalue weighted by Crippen LogP contribution is 2.23. The number of carbonyl (C=O) groups excluding carboxylic acids is 1. The summed E-state index contributed by atoms with van der Waals surface area (Å²) in [4.78, 5) is 28.2. The summed E-state index contributed by atoms with van der Waals surface area (Å²) in [6, 6.07) is 9.07. The Hall–Kier alpha value is -3.07. The molecule has 0 spiro atoms. The van der Waals surface area contributed by atoms with Crippen molar-refractivity contribution < 1.29 is 13.2 Å². The van der Waals surface area contributed by atoms with Gasteiger partial charge in [0, 0.05) is 12.6 Å². The third-order valence-corrected chi connectivity index (χ3v) is 5.21. The molecule has 0 bridgehead atoms. The van der Waals surface area contributed by atoms with Crippen molar-refractivity contribution in [3.63, 3.8) is 0 Å². The van der Waals surface area contributed by atoms with E-state index in [1.54, 1.807) is 25.1 Å². The molecular formula is C16H16N4O4S. The first-order valence-corrected chi connectivity index (χ1v) is 8.87. The summed E-state index contributed by atoms with van der Waals surface area (Å²) in [7, 11) is -2.38. The van der Waals surface area contributed by atoms with Crippen LogP contribution in [0.2, 0.25) is 0 Å². The molecule has 3 rings (SSSR count). The summed E-state index contributed by atoms with van der Waals surface area (Å²) in [5, 5.41) is 2.51. The number of hydrogen-bond donors (Lipinski definition) is 4. The topological polar surface area (TPSA) is 124 Å². The second-order valence-electron chi connectivity index (χ2n) is 5.45. The normalized spacial score (nSPS) is 11.4. The minimum absolute atomic E-state index is 0.00000360. The van der Waals surface area contributed by atoms with Gasteiger partial charge in [0.15, 0.2) is 0 Å². The zero-order valence-corrected chi connectivity index (χ0v) is 14.3. The molecule has 0 saturated carbocycles. The van der Waals surface area contributed by atoms with Crippen LogP contribution in [-0.2, 0) is 10.0 Å². The lowest BCUT2D eigenvalue weighted by atomic mass is 10.1. The number of H-pyrrole nitrogens is 2. The molecule has 25 heavy (non-hydrogen) atoms. The molecule has 0 radical (unpaired) electrons. The van der Waals surface area contributed by atoms with Gasteiger partial charge in [-0.25, -0.2) is 13.2 Å². The Labute approximate surface area is 143 Å². The van der Waals surface area contributed by atoms with Crippen LogP contribution >= 0.6 is 0 Å². The van der Waals surface area contributed by atoms with E-state index in [0.29, 0.717) is 27.8 Å². The molecule has 3 aromatic rings. The fraction of sp³-hybridized carbons (Fsp3) is 0.125. The van der Waals surface area contributed by atoms with Gasteiger partial charge in [-0.3, -0.25) is 9.52 Å². The highest BCUT2D eigenvalue weighted by Gasteiger charge is 2.18. The second kappa shape index (κ2) is 6.10. The van der Waals surface area contributed by atoms with Crippen molar-refractivity contribution in [3.8, 4) is 0 Å². The molecule has 1 heterocycles. The average molecular weight is 360 g/mol. The average Bonchev–Trinajstić information content (AvgIpc) is 2.95. The van der Waals surface area contributed by atoms with E-state index in [-0.39, 0.29) is 10.8 Å². The summed E-state index contributed by atoms with van der Waals surface area (Å²) in [6.45, 7) is 1.66. The molecule has 0 unspecified atom stereocenters. The predicted octanol–water partition coefficient (Wildman–Crippen LogP) is 1.33. The first kappa shape index (κ1) is 16.8. The standard InChI is InChI=1S/C16H16N4O4S/c1-9-11(15(21)17-2)4-3-5-12(9)20-25(23,24)10-6-7-13-14(8-10)19-16(22)18-13/h3-8,20H,1-2H3,(H,17,21)(H2,18,19,22). The lowest BCUT2D eigenvalue weighted by Crippen LogP contribution is -2.20. The number of sulfonamides is 1. The maximum Gasteiger partial charge on any atom is 0.323 e. The smallest absolute Gasteiger partial charge is 0.323 e. The summed E-state index contributed by atoms with van der Waals surface area (Å²) in [5.41, 5.74) is 1.70. The van der Waals surface area contributed by atoms with Crippen molar-refractivity contribution in [2.24, 2.45) is 0 Å². The molecule has 0 saturated heterocycles. The Morgan fingerprint density at radius 1 is 1.08 bits per heavy atom. The Bertz CT molecular complexity index is 1130. The minimum atomic E-state index is -3.88. The number of amides is 1. The molecule has 0 aliphatic carbocycles. The van der Waals surface area contributed by atoms with Gasteiger partial charge in [-0.2, -0.15) is 0 Å². The number of imidazole rings is 1. The van der Waals surface area contributed by atoms with Crippen molar-refractivity contribution in [2.75, 3.05) is 11.8 Å². The number of fused-ring (bicyclic) bond motifs is 1. The maximum atomic E-state index is 12.6. The van der Waals surface area contributed by atoms with Crippen LogP contribution in [0.1, 0.15) is 15.9 Å². The molecule has 1 amide bonds. The van der Waals surface area contributed by atoms with Crippen LogP contribution in [0, 0.1) is 6.92 Å². The lowest BCUT2D eigenvalue weighted by molar-refractivity contribution is 0.0962. The summed E-state index contributed by atoms with van der Waals surface area (Å²) in [6.07, 6.45) is 0. The maximum absolute atomic E-state index is 12.6. The van der Waals surface area contributed by atoms with Gasteiger partial charge < -0.3 is 15.3 Å². The zero-order valence-electron chi connectivity index (χ0n) is 13.5. The molecule has 9 heteroatoms. The quantitative estimate of drug-likeness (QED) is 0.560. The Kier molecular flexibility index (Phi) is 4.09. The monoisotopic (exact) mass is 360 g/mol. The van der Waals surface area contributed by atoms with E-state index in [9.17, 15) is 18.0 Å². The van der Waals surface area contributed by atoms with Crippen molar-refractivity contribution in [1.29, 1.82) is 0 Å². The number of benzene rings is 2. The van der Waals surface area contributed by atoms with E-state index < -0.39 is 15.7 Å². The molecule has 0 fully saturated rings. The predicted molar refractivity (Wildman–Crippen MR) is 94.3 cm³/mol. The van der Waals surface area contributed by atoms with Gasteiger partial charge in [0.1, 0.15) is 0 Å². The van der Waals surface area contributed by atoms with Crippen LogP contribution in [-0.4, -0.2) is 31.3 Å². The molecule has 130 valence electrons. The fourth-order valence-electron chi connectivity index (χ4n) is 2.51. The number of aromatic amines is 2. The fourth-order valence-corrected chi connectivity index (χ4v) is 3.66. The third kappa shape index (κ3) is 3.13. The van der Waals surface area contributed by atoms with Crippen molar-refractivity contribution in [2.45, 2.75) is 11.8 Å². The van der Waals surface area contributed by atoms with E-state index in [1.807, 2.05) is 0 Å². The molecule has 1 aromatic heterocycles. The van der Waals surface area contributed by atoms with E-state index >= 15 is 0 Å². The lowest BCUT2D eigenvalue weighted by Gasteiger charge is -2.13. The molecule has 0 aliphatic rings. The summed E-state index contributed by atoms with van der Waals surface area (Å²) >= 11 is 0. The van der Waals surface area contributed by atoms with Gasteiger partial charge >= 0.3 is 5.69 Å². The number of anilines is 1. The van der Waals surface area contributed by atoms with Crippen LogP contribution in [0.4, 0.5) is 5.69 Å². The Morgan fingerprint density at radius 2 is 1.80 bits per heavy atom. The van der Waals surface area contributed by atoms with Gasteiger partial charge in [0.2, 0.25) is 0 Å². The van der Waals surface area contributed by atoms with Crippen LogP contribution in [0.3, 0.4) is 0 Å². The van der Waals surface area contributed by atoms with Crippen LogP contribution < -0.4 is 15.7 Å². The van der Waals surface area contributed by atoms with Gasteiger partial charge in [-0.15, -0.1) is 0 Å². The highest BCUT2D eigenvalue weighted by atomic mass is 32.2. The Balaban J connectivity index is 2.00. The van der Waals surface area contributed by atoms with Crippen molar-refractivity contribution in [1.82, 2.24) is 15.3 Å². The molecular weight excluding hydrogens is 344 g/mol. The molecule has 0 atom stereocenters. The summed E-state index contributed by atoms with van der Waals surface area (Å²) in [5.74, 6) is -0.301. The molecule has 2 aromatic carbocycles. The van der Waals surface area contributed by atoms with Crippen molar-refractivity contribution in [3.05, 3.63) is 58.0 Å². The van der Waals surface area contributed by atoms with E-state index in [1.165, 1.54) is 25.2 Å². The first-order chi connectivity index (χ1) is 11.8. The van der Waals surface area contributed by atoms with Gasteiger partial charge in [-0.1, -0.05) is 6.07 Å². The van der Waals surface area contributed by atoms with E-state index in [2.05, 4.69) is 20.0 Å². The highest BCUT2D eigenvalue weighted by molar-refractivity contribution is 7.92. The van der Waals surface area contributed by atoms with Gasteiger partial charge in [0.25, 0.3) is 15.9 Å². The SMILES string of the molecule is CNC(=O)c1cccc(NS(=O)(=O)c2ccc3[nH]c(=O)[nH]c3c2)c1C. The third-order valence-electron chi connectivity index (χ3n) is 3.85. The van der Waals surface area contributed by atoms with Crippen LogP contribution in [0.5, 0.6) is 0 Å². The number of hydrogen-bond acceptors (Lipinski definition) is 4. The molecule has 8 nitrogen and oxygen atoms in total. The molecule has 0 aliphatic heterocycles. The van der Waals surface area contributed by atoms with Gasteiger partial charge in [-0.05, 0) is 42.8 Å². The summed E-state index contributed by atoms with van der Waals surface area (Å²) < 4.78 is 27.8. The van der Waals surface area contributed by atoms with Crippen LogP contribution in [0.15, 0.2) is 46.1 Å². The Morgan fingerprint density at radius 3 is 2.52 bits per heavy atom. The first-order valence-electron chi connectivity index (χ1n) is 7.38. The second-order valence-corrected chi connectivity index (χ2v) is 7.13.